The minimum Gasteiger partial charge on any atom is -0.535 e. The maximum atomic E-state index is 11.7. The molecule has 1 fully saturated rings. The van der Waals surface area contributed by atoms with Gasteiger partial charge in [0.05, 0.1) is 12.4 Å². The summed E-state index contributed by atoms with van der Waals surface area (Å²) in [4.78, 5) is 13.6. The molecule has 0 unspecified atom stereocenters. The van der Waals surface area contributed by atoms with Gasteiger partial charge in [-0.1, -0.05) is 6.07 Å². The van der Waals surface area contributed by atoms with E-state index < -0.39 is 13.1 Å². The average Bonchev–Trinajstić information content (AvgIpc) is 2.95. The molecule has 8 heteroatoms. The number of hydrogen-bond donors (Lipinski definition) is 3. The number of nitrogens with zero attached hydrogens (tertiary/aromatic N) is 1. The second-order valence-corrected chi connectivity index (χ2v) is 5.90. The first-order chi connectivity index (χ1) is 11.0. The normalized spacial score (nSPS) is 20.0. The minimum absolute atomic E-state index is 0.0359. The molecule has 1 saturated heterocycles. The molecule has 0 aromatic heterocycles. The predicted octanol–water partition coefficient (Wildman–Crippen LogP) is 1.25. The molecule has 0 radical (unpaired) electrons. The summed E-state index contributed by atoms with van der Waals surface area (Å²) in [5, 5.41) is 26.8. The number of carboxylic acids is 1. The van der Waals surface area contributed by atoms with Crippen LogP contribution in [0.5, 0.6) is 11.5 Å². The van der Waals surface area contributed by atoms with Crippen molar-refractivity contribution in [1.29, 1.82) is 5.41 Å². The Labute approximate surface area is 134 Å². The molecule has 2 heterocycles. The molecule has 23 heavy (non-hydrogen) atoms. The third-order valence-corrected chi connectivity index (χ3v) is 4.24. The summed E-state index contributed by atoms with van der Waals surface area (Å²) in [6.07, 6.45) is 1.58. The highest BCUT2D eigenvalue weighted by Gasteiger charge is 2.32. The van der Waals surface area contributed by atoms with Gasteiger partial charge in [0.2, 0.25) is 0 Å². The number of aryl methyl sites for hydroxylation is 1. The zero-order valence-corrected chi connectivity index (χ0v) is 12.9. The van der Waals surface area contributed by atoms with Gasteiger partial charge >= 0.3 is 13.1 Å². The van der Waals surface area contributed by atoms with Crippen molar-refractivity contribution in [2.24, 2.45) is 0 Å². The van der Waals surface area contributed by atoms with Crippen LogP contribution < -0.4 is 9.39 Å². The third kappa shape index (κ3) is 3.12. The Balaban J connectivity index is 1.86. The van der Waals surface area contributed by atoms with Crippen molar-refractivity contribution >= 4 is 18.9 Å². The molecule has 1 aromatic rings. The zero-order valence-electron chi connectivity index (χ0n) is 12.9. The Morgan fingerprint density at radius 1 is 1.52 bits per heavy atom. The number of carbonyl (C=O) groups is 1. The van der Waals surface area contributed by atoms with E-state index in [1.165, 1.54) is 0 Å². The number of carboxylic acid groups (broad SMARTS) is 1. The number of nitrogens with one attached hydrogen (secondary N) is 1. The van der Waals surface area contributed by atoms with Crippen LogP contribution in [0.1, 0.15) is 29.3 Å². The summed E-state index contributed by atoms with van der Waals surface area (Å²) in [7, 11) is -0.988. The smallest absolute Gasteiger partial charge is 0.522 e. The van der Waals surface area contributed by atoms with Gasteiger partial charge in [-0.05, 0) is 31.3 Å². The second-order valence-electron chi connectivity index (χ2n) is 5.90. The van der Waals surface area contributed by atoms with Gasteiger partial charge in [-0.2, -0.15) is 0 Å². The molecule has 122 valence electrons. The summed E-state index contributed by atoms with van der Waals surface area (Å²) < 4.78 is 11.2. The lowest BCUT2D eigenvalue weighted by Crippen LogP contribution is -2.30. The Bertz CT molecular complexity index is 651. The first-order valence-corrected chi connectivity index (χ1v) is 7.66. The minimum atomic E-state index is -1.14. The predicted molar refractivity (Wildman–Crippen MR) is 84.5 cm³/mol. The van der Waals surface area contributed by atoms with Crippen LogP contribution in [-0.2, 0) is 6.42 Å². The van der Waals surface area contributed by atoms with Gasteiger partial charge in [-0.15, -0.1) is 0 Å². The first-order valence-electron chi connectivity index (χ1n) is 7.66. The molecule has 0 bridgehead atoms. The standard InChI is InChI=1S/C15H19BN2O5/c1-9(17)18-7-5-11(8-18)22-12-3-2-10-4-6-16(21)23-14(10)13(12)15(19)20/h2-3,11,17,21H,4-8H2,1H3,(H,19,20)/t11-/m1/s1. The summed E-state index contributed by atoms with van der Waals surface area (Å²) in [6, 6.07) is 3.45. The molecule has 3 N–H and O–H groups in total. The van der Waals surface area contributed by atoms with E-state index in [4.69, 9.17) is 14.8 Å². The van der Waals surface area contributed by atoms with Crippen molar-refractivity contribution in [3.63, 3.8) is 0 Å². The van der Waals surface area contributed by atoms with E-state index in [2.05, 4.69) is 0 Å². The lowest BCUT2D eigenvalue weighted by molar-refractivity contribution is 0.0686. The van der Waals surface area contributed by atoms with Crippen molar-refractivity contribution in [3.8, 4) is 11.5 Å². The van der Waals surface area contributed by atoms with Crippen LogP contribution in [0.15, 0.2) is 12.1 Å². The van der Waals surface area contributed by atoms with Crippen LogP contribution in [0.25, 0.3) is 0 Å². The topological polar surface area (TPSA) is 103 Å². The Kier molecular flexibility index (Phi) is 4.17. The molecule has 0 saturated carbocycles. The number of likely N-dealkylation sites (tertiary alicyclic amines) is 1. The van der Waals surface area contributed by atoms with Crippen molar-refractivity contribution < 1.29 is 24.3 Å². The molecule has 1 atom stereocenters. The highest BCUT2D eigenvalue weighted by molar-refractivity contribution is 6.44. The Morgan fingerprint density at radius 3 is 2.96 bits per heavy atom. The maximum absolute atomic E-state index is 11.7. The van der Waals surface area contributed by atoms with Crippen LogP contribution in [0.3, 0.4) is 0 Å². The largest absolute Gasteiger partial charge is 0.535 e. The molecular weight excluding hydrogens is 299 g/mol. The van der Waals surface area contributed by atoms with Crippen LogP contribution in [-0.4, -0.2) is 53.1 Å². The van der Waals surface area contributed by atoms with Crippen molar-refractivity contribution in [1.82, 2.24) is 4.90 Å². The molecule has 0 spiro atoms. The maximum Gasteiger partial charge on any atom is 0.522 e. The van der Waals surface area contributed by atoms with E-state index in [-0.39, 0.29) is 23.2 Å². The number of rotatable bonds is 3. The lowest BCUT2D eigenvalue weighted by atomic mass is 9.78. The number of ether oxygens (including phenoxy) is 1. The van der Waals surface area contributed by atoms with E-state index in [9.17, 15) is 14.9 Å². The Hall–Kier alpha value is -2.22. The molecule has 0 aliphatic carbocycles. The van der Waals surface area contributed by atoms with E-state index in [1.807, 2.05) is 4.90 Å². The van der Waals surface area contributed by atoms with Crippen LogP contribution in [0.2, 0.25) is 6.32 Å². The molecule has 7 nitrogen and oxygen atoms in total. The number of benzene rings is 1. The fourth-order valence-electron chi connectivity index (χ4n) is 3.02. The van der Waals surface area contributed by atoms with Crippen molar-refractivity contribution in [2.45, 2.75) is 32.2 Å². The van der Waals surface area contributed by atoms with Gasteiger partial charge in [-0.25, -0.2) is 4.79 Å². The quantitative estimate of drug-likeness (QED) is 0.440. The molecule has 0 amide bonds. The first kappa shape index (κ1) is 15.7. The second kappa shape index (κ2) is 6.12. The molecular formula is C15H19BN2O5. The molecule has 1 aromatic carbocycles. The van der Waals surface area contributed by atoms with E-state index in [0.29, 0.717) is 25.1 Å². The van der Waals surface area contributed by atoms with Gasteiger partial charge in [0.25, 0.3) is 0 Å². The van der Waals surface area contributed by atoms with E-state index in [1.54, 1.807) is 19.1 Å². The van der Waals surface area contributed by atoms with Gasteiger partial charge in [0, 0.05) is 13.0 Å². The van der Waals surface area contributed by atoms with Crippen molar-refractivity contribution in [2.75, 3.05) is 13.1 Å². The van der Waals surface area contributed by atoms with Crippen LogP contribution in [0.4, 0.5) is 0 Å². The summed E-state index contributed by atoms with van der Waals surface area (Å²) in [5.41, 5.74) is 0.731. The van der Waals surface area contributed by atoms with E-state index >= 15 is 0 Å². The highest BCUT2D eigenvalue weighted by atomic mass is 16.5. The molecule has 2 aliphatic rings. The highest BCUT2D eigenvalue weighted by Crippen LogP contribution is 2.37. The van der Waals surface area contributed by atoms with Gasteiger partial charge < -0.3 is 24.4 Å². The zero-order chi connectivity index (χ0) is 16.6. The number of aromatic carboxylic acids is 1. The number of hydrogen-bond acceptors (Lipinski definition) is 5. The number of fused-ring (bicyclic) bond motifs is 1. The Morgan fingerprint density at radius 2 is 2.30 bits per heavy atom. The van der Waals surface area contributed by atoms with Crippen molar-refractivity contribution in [3.05, 3.63) is 23.3 Å². The average molecular weight is 318 g/mol. The van der Waals surface area contributed by atoms with Crippen LogP contribution in [0, 0.1) is 5.41 Å². The van der Waals surface area contributed by atoms with Gasteiger partial charge in [0.1, 0.15) is 23.2 Å². The fourth-order valence-corrected chi connectivity index (χ4v) is 3.02. The number of amidine groups is 1. The van der Waals surface area contributed by atoms with Gasteiger partial charge in [0.15, 0.2) is 0 Å². The molecule has 3 rings (SSSR count). The molecule has 2 aliphatic heterocycles. The van der Waals surface area contributed by atoms with Crippen LogP contribution >= 0.6 is 0 Å². The SMILES string of the molecule is CC(=N)N1CC[C@@H](Oc2ccc3c(c2C(=O)O)OB(O)CC3)C1. The monoisotopic (exact) mass is 318 g/mol. The summed E-state index contributed by atoms with van der Waals surface area (Å²) in [5.74, 6) is -0.206. The van der Waals surface area contributed by atoms with E-state index in [0.717, 1.165) is 18.5 Å². The lowest BCUT2D eigenvalue weighted by Gasteiger charge is -2.24. The fraction of sp³-hybridized carbons (Fsp3) is 0.467. The van der Waals surface area contributed by atoms with Gasteiger partial charge in [-0.3, -0.25) is 5.41 Å². The third-order valence-electron chi connectivity index (χ3n) is 4.24. The summed E-state index contributed by atoms with van der Waals surface area (Å²) >= 11 is 0. The summed E-state index contributed by atoms with van der Waals surface area (Å²) in [6.45, 7) is 3.01.